The average Bonchev–Trinajstić information content (AvgIpc) is 2.46. The number of rotatable bonds is 8. The van der Waals surface area contributed by atoms with E-state index in [-0.39, 0.29) is 16.8 Å². The molecular weight excluding hydrogens is 312 g/mol. The SMILES string of the molecule is CC(C)CCCC(C)NC(=O)c1ccc(S(=O)(=O)N(C)C)cc1. The highest BCUT2D eigenvalue weighted by molar-refractivity contribution is 7.89. The number of hydrogen-bond acceptors (Lipinski definition) is 3. The predicted octanol–water partition coefficient (Wildman–Crippen LogP) is 2.88. The highest BCUT2D eigenvalue weighted by Gasteiger charge is 2.17. The van der Waals surface area contributed by atoms with Crippen LogP contribution >= 0.6 is 0 Å². The number of carbonyl (C=O) groups is 1. The molecular formula is C17H28N2O3S. The molecule has 1 N–H and O–H groups in total. The lowest BCUT2D eigenvalue weighted by molar-refractivity contribution is 0.0937. The zero-order valence-electron chi connectivity index (χ0n) is 14.7. The summed E-state index contributed by atoms with van der Waals surface area (Å²) in [5.41, 5.74) is 0.471. The van der Waals surface area contributed by atoms with Crippen LogP contribution in [0.1, 0.15) is 50.4 Å². The molecule has 0 aromatic heterocycles. The lowest BCUT2D eigenvalue weighted by atomic mass is 10.0. The molecule has 130 valence electrons. The van der Waals surface area contributed by atoms with E-state index in [4.69, 9.17) is 0 Å². The molecule has 0 bridgehead atoms. The van der Waals surface area contributed by atoms with Crippen molar-refractivity contribution in [1.29, 1.82) is 0 Å². The first-order chi connectivity index (χ1) is 10.6. The van der Waals surface area contributed by atoms with Gasteiger partial charge in [0.25, 0.3) is 5.91 Å². The molecule has 0 fully saturated rings. The van der Waals surface area contributed by atoms with Gasteiger partial charge < -0.3 is 5.32 Å². The second kappa shape index (κ2) is 8.45. The minimum atomic E-state index is -3.46. The Kier molecular flexibility index (Phi) is 7.22. The topological polar surface area (TPSA) is 66.5 Å². The Bertz CT molecular complexity index is 607. The predicted molar refractivity (Wildman–Crippen MR) is 92.9 cm³/mol. The van der Waals surface area contributed by atoms with E-state index in [1.54, 1.807) is 12.1 Å². The average molecular weight is 340 g/mol. The molecule has 0 aliphatic rings. The van der Waals surface area contributed by atoms with Gasteiger partial charge in [-0.3, -0.25) is 4.79 Å². The lowest BCUT2D eigenvalue weighted by Gasteiger charge is -2.15. The fraction of sp³-hybridized carbons (Fsp3) is 0.588. The van der Waals surface area contributed by atoms with Gasteiger partial charge in [-0.15, -0.1) is 0 Å². The van der Waals surface area contributed by atoms with Crippen LogP contribution in [0.25, 0.3) is 0 Å². The molecule has 0 aliphatic heterocycles. The summed E-state index contributed by atoms with van der Waals surface area (Å²) in [7, 11) is -0.499. The molecule has 1 rings (SSSR count). The van der Waals surface area contributed by atoms with Crippen molar-refractivity contribution in [2.75, 3.05) is 14.1 Å². The number of nitrogens with one attached hydrogen (secondary N) is 1. The van der Waals surface area contributed by atoms with Gasteiger partial charge in [0.2, 0.25) is 10.0 Å². The zero-order chi connectivity index (χ0) is 17.6. The number of nitrogens with zero attached hydrogens (tertiary/aromatic N) is 1. The van der Waals surface area contributed by atoms with E-state index >= 15 is 0 Å². The third kappa shape index (κ3) is 5.95. The number of benzene rings is 1. The fourth-order valence-electron chi connectivity index (χ4n) is 2.20. The smallest absolute Gasteiger partial charge is 0.251 e. The lowest BCUT2D eigenvalue weighted by Crippen LogP contribution is -2.32. The number of amides is 1. The molecule has 0 aliphatic carbocycles. The molecule has 0 heterocycles. The maximum Gasteiger partial charge on any atom is 0.251 e. The Labute approximate surface area is 140 Å². The summed E-state index contributed by atoms with van der Waals surface area (Å²) in [5.74, 6) is 0.500. The van der Waals surface area contributed by atoms with Gasteiger partial charge in [0, 0.05) is 25.7 Å². The summed E-state index contributed by atoms with van der Waals surface area (Å²) in [6.07, 6.45) is 3.17. The monoisotopic (exact) mass is 340 g/mol. The first kappa shape index (κ1) is 19.6. The minimum Gasteiger partial charge on any atom is -0.350 e. The quantitative estimate of drug-likeness (QED) is 0.791. The van der Waals surface area contributed by atoms with Crippen LogP contribution in [0.5, 0.6) is 0 Å². The summed E-state index contributed by atoms with van der Waals surface area (Å²) in [6.45, 7) is 6.36. The third-order valence-corrected chi connectivity index (χ3v) is 5.52. The van der Waals surface area contributed by atoms with Crippen LogP contribution in [0.2, 0.25) is 0 Å². The first-order valence-electron chi connectivity index (χ1n) is 7.98. The maximum atomic E-state index is 12.2. The van der Waals surface area contributed by atoms with E-state index in [1.165, 1.54) is 26.2 Å². The molecule has 6 heteroatoms. The van der Waals surface area contributed by atoms with Crippen molar-refractivity contribution >= 4 is 15.9 Å². The Hall–Kier alpha value is -1.40. The molecule has 1 unspecified atom stereocenters. The Balaban J connectivity index is 2.64. The van der Waals surface area contributed by atoms with Gasteiger partial charge in [-0.05, 0) is 43.5 Å². The highest BCUT2D eigenvalue weighted by atomic mass is 32.2. The van der Waals surface area contributed by atoms with Crippen molar-refractivity contribution in [1.82, 2.24) is 9.62 Å². The van der Waals surface area contributed by atoms with Crippen LogP contribution in [0.4, 0.5) is 0 Å². The largest absolute Gasteiger partial charge is 0.350 e. The van der Waals surface area contributed by atoms with Crippen molar-refractivity contribution < 1.29 is 13.2 Å². The van der Waals surface area contributed by atoms with Gasteiger partial charge in [0.05, 0.1) is 4.90 Å². The van der Waals surface area contributed by atoms with Crippen molar-refractivity contribution in [2.24, 2.45) is 5.92 Å². The maximum absolute atomic E-state index is 12.2. The normalized spacial score (nSPS) is 13.3. The number of sulfonamides is 1. The summed E-state index contributed by atoms with van der Waals surface area (Å²) in [5, 5.41) is 2.95. The van der Waals surface area contributed by atoms with Crippen molar-refractivity contribution in [3.63, 3.8) is 0 Å². The zero-order valence-corrected chi connectivity index (χ0v) is 15.5. The van der Waals surface area contributed by atoms with Crippen molar-refractivity contribution in [3.8, 4) is 0 Å². The third-order valence-electron chi connectivity index (χ3n) is 3.69. The Morgan fingerprint density at radius 1 is 1.09 bits per heavy atom. The summed E-state index contributed by atoms with van der Waals surface area (Å²) >= 11 is 0. The van der Waals surface area contributed by atoms with E-state index < -0.39 is 10.0 Å². The van der Waals surface area contributed by atoms with Crippen LogP contribution in [0.15, 0.2) is 29.2 Å². The van der Waals surface area contributed by atoms with Gasteiger partial charge in [0.1, 0.15) is 0 Å². The minimum absolute atomic E-state index is 0.103. The van der Waals surface area contributed by atoms with Gasteiger partial charge >= 0.3 is 0 Å². The molecule has 23 heavy (non-hydrogen) atoms. The fourth-order valence-corrected chi connectivity index (χ4v) is 3.10. The molecule has 0 spiro atoms. The van der Waals surface area contributed by atoms with Gasteiger partial charge in [0.15, 0.2) is 0 Å². The van der Waals surface area contributed by atoms with Crippen LogP contribution in [-0.4, -0.2) is 38.8 Å². The molecule has 0 radical (unpaired) electrons. The number of carbonyl (C=O) groups excluding carboxylic acids is 1. The van der Waals surface area contributed by atoms with Crippen LogP contribution in [0.3, 0.4) is 0 Å². The Morgan fingerprint density at radius 2 is 1.65 bits per heavy atom. The van der Waals surface area contributed by atoms with Crippen LogP contribution in [-0.2, 0) is 10.0 Å². The standard InChI is InChI=1S/C17H28N2O3S/c1-13(2)7-6-8-14(3)18-17(20)15-9-11-16(12-10-15)23(21,22)19(4)5/h9-14H,6-8H2,1-5H3,(H,18,20). The molecule has 0 saturated heterocycles. The van der Waals surface area contributed by atoms with Gasteiger partial charge in [-0.1, -0.05) is 26.7 Å². The highest BCUT2D eigenvalue weighted by Crippen LogP contribution is 2.14. The molecule has 1 aromatic carbocycles. The first-order valence-corrected chi connectivity index (χ1v) is 9.42. The van der Waals surface area contributed by atoms with E-state index in [1.807, 2.05) is 6.92 Å². The van der Waals surface area contributed by atoms with E-state index in [0.29, 0.717) is 11.5 Å². The van der Waals surface area contributed by atoms with E-state index in [2.05, 4.69) is 19.2 Å². The van der Waals surface area contributed by atoms with E-state index in [0.717, 1.165) is 23.6 Å². The summed E-state index contributed by atoms with van der Waals surface area (Å²) < 4.78 is 25.1. The van der Waals surface area contributed by atoms with Crippen molar-refractivity contribution in [2.45, 2.75) is 51.0 Å². The van der Waals surface area contributed by atoms with Gasteiger partial charge in [-0.2, -0.15) is 0 Å². The number of hydrogen-bond donors (Lipinski definition) is 1. The van der Waals surface area contributed by atoms with Crippen molar-refractivity contribution in [3.05, 3.63) is 29.8 Å². The van der Waals surface area contributed by atoms with Crippen LogP contribution in [0, 0.1) is 5.92 Å². The molecule has 1 atom stereocenters. The Morgan fingerprint density at radius 3 is 2.13 bits per heavy atom. The molecule has 1 amide bonds. The second-order valence-corrected chi connectivity index (χ2v) is 8.66. The van der Waals surface area contributed by atoms with Crippen LogP contribution < -0.4 is 5.32 Å². The summed E-state index contributed by atoms with van der Waals surface area (Å²) in [4.78, 5) is 12.4. The van der Waals surface area contributed by atoms with E-state index in [9.17, 15) is 13.2 Å². The van der Waals surface area contributed by atoms with Gasteiger partial charge in [-0.25, -0.2) is 12.7 Å². The second-order valence-electron chi connectivity index (χ2n) is 6.51. The molecule has 5 nitrogen and oxygen atoms in total. The molecule has 1 aromatic rings. The molecule has 0 saturated carbocycles. The summed E-state index contributed by atoms with van der Waals surface area (Å²) in [6, 6.07) is 6.13.